The zero-order chi connectivity index (χ0) is 13.7. The summed E-state index contributed by atoms with van der Waals surface area (Å²) >= 11 is 5.91. The third-order valence-corrected chi connectivity index (χ3v) is 3.66. The first kappa shape index (κ1) is 14.1. The first-order valence-electron chi connectivity index (χ1n) is 6.64. The van der Waals surface area contributed by atoms with Crippen molar-refractivity contribution in [1.82, 2.24) is 5.32 Å². The van der Waals surface area contributed by atoms with Gasteiger partial charge in [0.05, 0.1) is 0 Å². The van der Waals surface area contributed by atoms with Gasteiger partial charge in [-0.25, -0.2) is 0 Å². The van der Waals surface area contributed by atoms with Crippen molar-refractivity contribution in [2.24, 2.45) is 0 Å². The lowest BCUT2D eigenvalue weighted by Gasteiger charge is -2.16. The van der Waals surface area contributed by atoms with Crippen LogP contribution in [0.25, 0.3) is 0 Å². The van der Waals surface area contributed by atoms with E-state index in [1.807, 2.05) is 19.2 Å². The summed E-state index contributed by atoms with van der Waals surface area (Å²) in [5, 5.41) is 4.19. The van der Waals surface area contributed by atoms with Gasteiger partial charge in [0.15, 0.2) is 0 Å². The maximum atomic E-state index is 5.91. The van der Waals surface area contributed by atoms with E-state index >= 15 is 0 Å². The SMILES string of the molecule is CNC(Cc1ccc(C)cc1)Cc1ccc(Cl)cc1. The molecule has 0 fully saturated rings. The molecule has 2 aromatic rings. The molecule has 2 heteroatoms. The fraction of sp³-hybridized carbons (Fsp3) is 0.294. The van der Waals surface area contributed by atoms with Gasteiger partial charge in [0, 0.05) is 11.1 Å². The largest absolute Gasteiger partial charge is 0.316 e. The van der Waals surface area contributed by atoms with Crippen LogP contribution in [0.5, 0.6) is 0 Å². The number of hydrogen-bond donors (Lipinski definition) is 1. The highest BCUT2D eigenvalue weighted by molar-refractivity contribution is 6.30. The van der Waals surface area contributed by atoms with Crippen LogP contribution in [0.2, 0.25) is 5.02 Å². The van der Waals surface area contributed by atoms with Gasteiger partial charge >= 0.3 is 0 Å². The van der Waals surface area contributed by atoms with E-state index in [4.69, 9.17) is 11.6 Å². The van der Waals surface area contributed by atoms with E-state index in [2.05, 4.69) is 48.6 Å². The van der Waals surface area contributed by atoms with E-state index in [1.54, 1.807) is 0 Å². The van der Waals surface area contributed by atoms with Crippen LogP contribution in [0, 0.1) is 6.92 Å². The summed E-state index contributed by atoms with van der Waals surface area (Å²) in [4.78, 5) is 0. The van der Waals surface area contributed by atoms with Crippen molar-refractivity contribution >= 4 is 11.6 Å². The molecule has 1 unspecified atom stereocenters. The molecule has 0 aliphatic carbocycles. The molecule has 2 rings (SSSR count). The highest BCUT2D eigenvalue weighted by Crippen LogP contribution is 2.13. The van der Waals surface area contributed by atoms with Gasteiger partial charge in [-0.15, -0.1) is 0 Å². The van der Waals surface area contributed by atoms with Crippen molar-refractivity contribution in [2.75, 3.05) is 7.05 Å². The van der Waals surface area contributed by atoms with Crippen LogP contribution in [-0.2, 0) is 12.8 Å². The van der Waals surface area contributed by atoms with E-state index < -0.39 is 0 Å². The van der Waals surface area contributed by atoms with Crippen LogP contribution in [0.3, 0.4) is 0 Å². The number of rotatable bonds is 5. The Balaban J connectivity index is 2.00. The second-order valence-electron chi connectivity index (χ2n) is 5.01. The molecule has 0 spiro atoms. The van der Waals surface area contributed by atoms with E-state index in [-0.39, 0.29) is 0 Å². The summed E-state index contributed by atoms with van der Waals surface area (Å²) in [5.41, 5.74) is 4.00. The molecule has 0 amide bonds. The second-order valence-corrected chi connectivity index (χ2v) is 5.44. The van der Waals surface area contributed by atoms with Crippen LogP contribution in [0.1, 0.15) is 16.7 Å². The average Bonchev–Trinajstić information content (AvgIpc) is 2.43. The Hall–Kier alpha value is -1.31. The lowest BCUT2D eigenvalue weighted by Crippen LogP contribution is -2.29. The topological polar surface area (TPSA) is 12.0 Å². The Bertz CT molecular complexity index is 454. The maximum Gasteiger partial charge on any atom is 0.0406 e. The van der Waals surface area contributed by atoms with Gasteiger partial charge in [-0.3, -0.25) is 0 Å². The third kappa shape index (κ3) is 4.38. The molecular weight excluding hydrogens is 254 g/mol. The molecule has 1 N–H and O–H groups in total. The number of halogens is 1. The Kier molecular flexibility index (Phi) is 5.00. The predicted molar refractivity (Wildman–Crippen MR) is 82.9 cm³/mol. The third-order valence-electron chi connectivity index (χ3n) is 3.41. The molecule has 0 saturated heterocycles. The number of aryl methyl sites for hydroxylation is 1. The van der Waals surface area contributed by atoms with Gasteiger partial charge in [0.2, 0.25) is 0 Å². The number of nitrogens with one attached hydrogen (secondary N) is 1. The number of benzene rings is 2. The van der Waals surface area contributed by atoms with Crippen molar-refractivity contribution in [2.45, 2.75) is 25.8 Å². The predicted octanol–water partition coefficient (Wildman–Crippen LogP) is 4.02. The molecular formula is C17H20ClN. The first-order valence-corrected chi connectivity index (χ1v) is 7.02. The quantitative estimate of drug-likeness (QED) is 0.868. The smallest absolute Gasteiger partial charge is 0.0406 e. The minimum absolute atomic E-state index is 0.448. The van der Waals surface area contributed by atoms with Gasteiger partial charge in [-0.2, -0.15) is 0 Å². The molecule has 0 saturated carbocycles. The Morgan fingerprint density at radius 3 is 1.84 bits per heavy atom. The van der Waals surface area contributed by atoms with Crippen LogP contribution in [-0.4, -0.2) is 13.1 Å². The summed E-state index contributed by atoms with van der Waals surface area (Å²) < 4.78 is 0. The highest BCUT2D eigenvalue weighted by atomic mass is 35.5. The molecule has 1 nitrogen and oxygen atoms in total. The summed E-state index contributed by atoms with van der Waals surface area (Å²) in [7, 11) is 2.02. The standard InChI is InChI=1S/C17H20ClN/c1-13-3-5-14(6-4-13)11-17(19-2)12-15-7-9-16(18)10-8-15/h3-10,17,19H,11-12H2,1-2H3. The molecule has 1 atom stereocenters. The van der Waals surface area contributed by atoms with Gasteiger partial charge < -0.3 is 5.32 Å². The zero-order valence-corrected chi connectivity index (χ0v) is 12.2. The molecule has 0 aliphatic rings. The van der Waals surface area contributed by atoms with Crippen LogP contribution in [0.15, 0.2) is 48.5 Å². The summed E-state index contributed by atoms with van der Waals surface area (Å²) in [6, 6.07) is 17.3. The minimum atomic E-state index is 0.448. The summed E-state index contributed by atoms with van der Waals surface area (Å²) in [6.07, 6.45) is 2.06. The van der Waals surface area contributed by atoms with Crippen LogP contribution < -0.4 is 5.32 Å². The normalized spacial score (nSPS) is 12.4. The van der Waals surface area contributed by atoms with Crippen molar-refractivity contribution in [3.05, 3.63) is 70.2 Å². The second kappa shape index (κ2) is 6.74. The van der Waals surface area contributed by atoms with Gasteiger partial charge in [0.25, 0.3) is 0 Å². The molecule has 2 aromatic carbocycles. The van der Waals surface area contributed by atoms with E-state index in [0.29, 0.717) is 6.04 Å². The minimum Gasteiger partial charge on any atom is -0.316 e. The fourth-order valence-electron chi connectivity index (χ4n) is 2.19. The van der Waals surface area contributed by atoms with Crippen molar-refractivity contribution in [3.8, 4) is 0 Å². The molecule has 0 aromatic heterocycles. The van der Waals surface area contributed by atoms with Gasteiger partial charge in [0.1, 0.15) is 0 Å². The monoisotopic (exact) mass is 273 g/mol. The van der Waals surface area contributed by atoms with E-state index in [9.17, 15) is 0 Å². The van der Waals surface area contributed by atoms with Crippen molar-refractivity contribution in [3.63, 3.8) is 0 Å². The van der Waals surface area contributed by atoms with Crippen molar-refractivity contribution < 1.29 is 0 Å². The Labute approximate surface area is 120 Å². The Morgan fingerprint density at radius 1 is 0.895 bits per heavy atom. The highest BCUT2D eigenvalue weighted by Gasteiger charge is 2.08. The summed E-state index contributed by atoms with van der Waals surface area (Å²) in [5.74, 6) is 0. The molecule has 100 valence electrons. The Morgan fingerprint density at radius 2 is 1.37 bits per heavy atom. The fourth-order valence-corrected chi connectivity index (χ4v) is 2.32. The lowest BCUT2D eigenvalue weighted by molar-refractivity contribution is 0.556. The molecule has 0 aliphatic heterocycles. The van der Waals surface area contributed by atoms with Gasteiger partial charge in [-0.05, 0) is 50.1 Å². The lowest BCUT2D eigenvalue weighted by atomic mass is 9.98. The maximum absolute atomic E-state index is 5.91. The van der Waals surface area contributed by atoms with E-state index in [0.717, 1.165) is 17.9 Å². The summed E-state index contributed by atoms with van der Waals surface area (Å²) in [6.45, 7) is 2.12. The molecule has 0 bridgehead atoms. The number of hydrogen-bond acceptors (Lipinski definition) is 1. The first-order chi connectivity index (χ1) is 9.17. The van der Waals surface area contributed by atoms with E-state index in [1.165, 1.54) is 16.7 Å². The van der Waals surface area contributed by atoms with Crippen molar-refractivity contribution in [1.29, 1.82) is 0 Å². The van der Waals surface area contributed by atoms with Crippen LogP contribution in [0.4, 0.5) is 0 Å². The number of likely N-dealkylation sites (N-methyl/N-ethyl adjacent to an activating group) is 1. The average molecular weight is 274 g/mol. The van der Waals surface area contributed by atoms with Crippen LogP contribution >= 0.6 is 11.6 Å². The molecule has 0 heterocycles. The molecule has 19 heavy (non-hydrogen) atoms. The zero-order valence-electron chi connectivity index (χ0n) is 11.5. The van der Waals surface area contributed by atoms with Gasteiger partial charge in [-0.1, -0.05) is 53.6 Å². The molecule has 0 radical (unpaired) electrons.